The van der Waals surface area contributed by atoms with E-state index >= 15 is 0 Å². The van der Waals surface area contributed by atoms with Crippen molar-refractivity contribution in [1.29, 1.82) is 0 Å². The predicted octanol–water partition coefficient (Wildman–Crippen LogP) is 6.45. The second-order valence-corrected chi connectivity index (χ2v) is 10.8. The lowest BCUT2D eigenvalue weighted by Gasteiger charge is -2.16. The van der Waals surface area contributed by atoms with Gasteiger partial charge in [-0.25, -0.2) is 0 Å². The van der Waals surface area contributed by atoms with Gasteiger partial charge in [0.2, 0.25) is 0 Å². The molecule has 2 aromatic heterocycles. The van der Waals surface area contributed by atoms with Crippen LogP contribution in [0.1, 0.15) is 32.9 Å². The van der Waals surface area contributed by atoms with E-state index in [-0.39, 0.29) is 11.8 Å². The van der Waals surface area contributed by atoms with Gasteiger partial charge in [0.05, 0.1) is 12.8 Å². The van der Waals surface area contributed by atoms with Gasteiger partial charge >= 0.3 is 0 Å². The number of hydrogen-bond donors (Lipinski definition) is 2. The number of hydrogen-bond acceptors (Lipinski definition) is 7. The van der Waals surface area contributed by atoms with Gasteiger partial charge in [-0.15, -0.1) is 11.3 Å². The van der Waals surface area contributed by atoms with Crippen molar-refractivity contribution in [3.05, 3.63) is 88.5 Å². The third-order valence-electron chi connectivity index (χ3n) is 6.54. The first kappa shape index (κ1) is 27.6. The Morgan fingerprint density at radius 2 is 1.70 bits per heavy atom. The quantitative estimate of drug-likeness (QED) is 0.225. The molecule has 8 nitrogen and oxygen atoms in total. The van der Waals surface area contributed by atoms with Gasteiger partial charge < -0.3 is 20.1 Å². The highest BCUT2D eigenvalue weighted by Crippen LogP contribution is 2.37. The van der Waals surface area contributed by atoms with E-state index in [1.54, 1.807) is 68.0 Å². The second-order valence-electron chi connectivity index (χ2n) is 9.27. The van der Waals surface area contributed by atoms with E-state index in [0.29, 0.717) is 44.9 Å². The number of rotatable bonds is 10. The molecule has 0 aliphatic carbocycles. The van der Waals surface area contributed by atoms with Crippen molar-refractivity contribution in [2.75, 3.05) is 44.0 Å². The summed E-state index contributed by atoms with van der Waals surface area (Å²) in [5.74, 6) is 0.443. The van der Waals surface area contributed by atoms with Crippen LogP contribution in [0.5, 0.6) is 11.5 Å². The number of carbonyl (C=O) groups is 2. The van der Waals surface area contributed by atoms with Gasteiger partial charge in [-0.05, 0) is 74.0 Å². The van der Waals surface area contributed by atoms with Crippen LogP contribution < -0.4 is 20.1 Å². The van der Waals surface area contributed by atoms with Crippen LogP contribution in [-0.2, 0) is 0 Å². The first-order chi connectivity index (χ1) is 19.5. The minimum atomic E-state index is -0.361. The number of nitrogens with zero attached hydrogens (tertiary/aromatic N) is 2. The van der Waals surface area contributed by atoms with E-state index < -0.39 is 0 Å². The van der Waals surface area contributed by atoms with Crippen molar-refractivity contribution in [2.24, 2.45) is 0 Å². The highest BCUT2D eigenvalue weighted by Gasteiger charge is 2.21. The van der Waals surface area contributed by atoms with Crippen LogP contribution >= 0.6 is 22.9 Å². The molecule has 2 aromatic carbocycles. The Kier molecular flexibility index (Phi) is 8.95. The summed E-state index contributed by atoms with van der Waals surface area (Å²) in [7, 11) is 1.57. The molecule has 2 N–H and O–H groups in total. The van der Waals surface area contributed by atoms with Crippen molar-refractivity contribution in [2.45, 2.75) is 12.8 Å². The highest BCUT2D eigenvalue weighted by atomic mass is 35.5. The molecule has 10 heteroatoms. The van der Waals surface area contributed by atoms with E-state index in [9.17, 15) is 9.59 Å². The van der Waals surface area contributed by atoms with Gasteiger partial charge in [0.25, 0.3) is 11.8 Å². The van der Waals surface area contributed by atoms with Gasteiger partial charge in [-0.3, -0.25) is 19.5 Å². The Balaban J connectivity index is 1.35. The standard InChI is InChI=1S/C30H29ClN4O4S/c1-38-26-18-23(8-9-25(26)39-17-16-35-14-2-3-15-35)33-30(37)28-24(34-29(36)21-10-12-32-13-11-21)19-27(40-28)20-4-6-22(31)7-5-20/h4-13,18-19H,2-3,14-17H2,1H3,(H,33,37)(H,34,36). The number of methoxy groups -OCH3 is 1. The van der Waals surface area contributed by atoms with Crippen LogP contribution in [0.15, 0.2) is 73.1 Å². The molecular formula is C30H29ClN4O4S. The molecule has 1 fully saturated rings. The van der Waals surface area contributed by atoms with E-state index in [4.69, 9.17) is 21.1 Å². The summed E-state index contributed by atoms with van der Waals surface area (Å²) in [4.78, 5) is 33.9. The van der Waals surface area contributed by atoms with Gasteiger partial charge in [-0.1, -0.05) is 23.7 Å². The van der Waals surface area contributed by atoms with Crippen molar-refractivity contribution < 1.29 is 19.1 Å². The van der Waals surface area contributed by atoms with Crippen LogP contribution in [-0.4, -0.2) is 55.0 Å². The third-order valence-corrected chi connectivity index (χ3v) is 7.98. The molecule has 1 aliphatic rings. The average Bonchev–Trinajstić information content (AvgIpc) is 3.65. The maximum Gasteiger partial charge on any atom is 0.267 e. The molecule has 206 valence electrons. The molecule has 0 spiro atoms. The molecule has 0 atom stereocenters. The number of ether oxygens (including phenoxy) is 2. The normalized spacial score (nSPS) is 13.2. The summed E-state index contributed by atoms with van der Waals surface area (Å²) in [6.45, 7) is 3.65. The van der Waals surface area contributed by atoms with Crippen molar-refractivity contribution in [3.63, 3.8) is 0 Å². The van der Waals surface area contributed by atoms with Crippen LogP contribution in [0.4, 0.5) is 11.4 Å². The minimum absolute atomic E-state index is 0.339. The first-order valence-corrected chi connectivity index (χ1v) is 14.2. The summed E-state index contributed by atoms with van der Waals surface area (Å²) < 4.78 is 11.5. The SMILES string of the molecule is COc1cc(NC(=O)c2sc(-c3ccc(Cl)cc3)cc2NC(=O)c2ccncc2)ccc1OCCN1CCCC1. The Morgan fingerprint density at radius 1 is 0.950 bits per heavy atom. The zero-order chi connectivity index (χ0) is 27.9. The average molecular weight is 577 g/mol. The molecule has 1 saturated heterocycles. The number of anilines is 2. The maximum atomic E-state index is 13.5. The van der Waals surface area contributed by atoms with E-state index in [2.05, 4.69) is 20.5 Å². The van der Waals surface area contributed by atoms with Crippen LogP contribution in [0, 0.1) is 0 Å². The summed E-state index contributed by atoms with van der Waals surface area (Å²) in [6.07, 6.45) is 5.56. The smallest absolute Gasteiger partial charge is 0.267 e. The van der Waals surface area contributed by atoms with E-state index in [1.807, 2.05) is 12.1 Å². The summed E-state index contributed by atoms with van der Waals surface area (Å²) >= 11 is 7.34. The number of carbonyl (C=O) groups excluding carboxylic acids is 2. The lowest BCUT2D eigenvalue weighted by atomic mass is 10.2. The number of likely N-dealkylation sites (tertiary alicyclic amines) is 1. The van der Waals surface area contributed by atoms with Gasteiger partial charge in [0.1, 0.15) is 11.5 Å². The van der Waals surface area contributed by atoms with E-state index in [1.165, 1.54) is 24.2 Å². The largest absolute Gasteiger partial charge is 0.493 e. The zero-order valence-corrected chi connectivity index (χ0v) is 23.6. The van der Waals surface area contributed by atoms with E-state index in [0.717, 1.165) is 30.1 Å². The number of nitrogens with one attached hydrogen (secondary N) is 2. The van der Waals surface area contributed by atoms with Gasteiger partial charge in [0.15, 0.2) is 11.5 Å². The predicted molar refractivity (Wildman–Crippen MR) is 159 cm³/mol. The highest BCUT2D eigenvalue weighted by molar-refractivity contribution is 7.18. The lowest BCUT2D eigenvalue weighted by molar-refractivity contribution is 0.102. The number of benzene rings is 2. The third kappa shape index (κ3) is 6.80. The van der Waals surface area contributed by atoms with Crippen molar-refractivity contribution >= 4 is 46.1 Å². The molecule has 4 aromatic rings. The minimum Gasteiger partial charge on any atom is -0.493 e. The Labute approximate surface area is 241 Å². The summed E-state index contributed by atoms with van der Waals surface area (Å²) in [5, 5.41) is 6.43. The second kappa shape index (κ2) is 13.0. The number of amides is 2. The first-order valence-electron chi connectivity index (χ1n) is 13.0. The number of aromatic nitrogens is 1. The van der Waals surface area contributed by atoms with Crippen molar-refractivity contribution in [3.8, 4) is 21.9 Å². The molecule has 40 heavy (non-hydrogen) atoms. The monoisotopic (exact) mass is 576 g/mol. The number of halogens is 1. The molecule has 0 unspecified atom stereocenters. The zero-order valence-electron chi connectivity index (χ0n) is 22.0. The van der Waals surface area contributed by atoms with Gasteiger partial charge in [-0.2, -0.15) is 0 Å². The Bertz CT molecular complexity index is 1470. The fourth-order valence-corrected chi connectivity index (χ4v) is 5.59. The van der Waals surface area contributed by atoms with Crippen LogP contribution in [0.2, 0.25) is 5.02 Å². The maximum absolute atomic E-state index is 13.5. The molecule has 0 saturated carbocycles. The summed E-state index contributed by atoms with van der Waals surface area (Å²) in [6, 6.07) is 17.6. The van der Waals surface area contributed by atoms with Crippen LogP contribution in [0.3, 0.4) is 0 Å². The molecule has 5 rings (SSSR count). The van der Waals surface area contributed by atoms with Crippen LogP contribution in [0.25, 0.3) is 10.4 Å². The Hall–Kier alpha value is -3.92. The van der Waals surface area contributed by atoms with Crippen molar-refractivity contribution in [1.82, 2.24) is 9.88 Å². The fraction of sp³-hybridized carbons (Fsp3) is 0.233. The molecule has 0 bridgehead atoms. The van der Waals surface area contributed by atoms with Gasteiger partial charge in [0, 0.05) is 46.2 Å². The molecular weight excluding hydrogens is 548 g/mol. The molecule has 1 aliphatic heterocycles. The molecule has 3 heterocycles. The number of pyridine rings is 1. The molecule has 0 radical (unpaired) electrons. The Morgan fingerprint density at radius 3 is 2.42 bits per heavy atom. The molecule has 2 amide bonds. The lowest BCUT2D eigenvalue weighted by Crippen LogP contribution is -2.25. The number of thiophene rings is 1. The summed E-state index contributed by atoms with van der Waals surface area (Å²) in [5.41, 5.74) is 2.26. The fourth-order valence-electron chi connectivity index (χ4n) is 4.45. The topological polar surface area (TPSA) is 92.8 Å².